The summed E-state index contributed by atoms with van der Waals surface area (Å²) < 4.78 is 5.41. The van der Waals surface area contributed by atoms with Gasteiger partial charge in [-0.15, -0.1) is 10.2 Å². The van der Waals surface area contributed by atoms with Crippen molar-refractivity contribution in [3.8, 4) is 16.3 Å². The number of rotatable bonds is 3. The van der Waals surface area contributed by atoms with Crippen LogP contribution < -0.4 is 10.5 Å². The predicted molar refractivity (Wildman–Crippen MR) is 69.3 cm³/mol. The van der Waals surface area contributed by atoms with Crippen molar-refractivity contribution in [2.45, 2.75) is 20.4 Å². The first-order valence-corrected chi connectivity index (χ1v) is 6.15. The van der Waals surface area contributed by atoms with E-state index < -0.39 is 0 Å². The molecule has 0 bridgehead atoms. The molecular weight excluding hydrogens is 234 g/mol. The van der Waals surface area contributed by atoms with Crippen LogP contribution in [0.1, 0.15) is 16.1 Å². The van der Waals surface area contributed by atoms with Crippen molar-refractivity contribution in [1.29, 1.82) is 0 Å². The van der Waals surface area contributed by atoms with Gasteiger partial charge in [-0.2, -0.15) is 0 Å². The summed E-state index contributed by atoms with van der Waals surface area (Å²) in [7, 11) is 1.67. The first kappa shape index (κ1) is 12.0. The molecule has 1 aromatic heterocycles. The normalized spacial score (nSPS) is 10.6. The Hall–Kier alpha value is -1.46. The molecule has 0 atom stereocenters. The maximum absolute atomic E-state index is 5.55. The molecule has 0 aliphatic carbocycles. The third-order valence-electron chi connectivity index (χ3n) is 2.52. The molecule has 4 nitrogen and oxygen atoms in total. The smallest absolute Gasteiger partial charge is 0.151 e. The number of methoxy groups -OCH3 is 1. The standard InChI is InChI=1S/C12H15N3OS/c1-7-4-8(2)11(9(5-7)16-3)12-15-14-10(6-13)17-12/h4-5H,6,13H2,1-3H3. The van der Waals surface area contributed by atoms with Crippen LogP contribution in [0.15, 0.2) is 12.1 Å². The lowest BCUT2D eigenvalue weighted by molar-refractivity contribution is 0.416. The SMILES string of the molecule is COc1cc(C)cc(C)c1-c1nnc(CN)s1. The Morgan fingerprint density at radius 2 is 2.06 bits per heavy atom. The van der Waals surface area contributed by atoms with Gasteiger partial charge >= 0.3 is 0 Å². The Morgan fingerprint density at radius 3 is 2.65 bits per heavy atom. The van der Waals surface area contributed by atoms with Gasteiger partial charge in [0.2, 0.25) is 0 Å². The predicted octanol–water partition coefficient (Wildman–Crippen LogP) is 2.29. The molecule has 2 N–H and O–H groups in total. The van der Waals surface area contributed by atoms with Gasteiger partial charge in [0.25, 0.3) is 0 Å². The zero-order chi connectivity index (χ0) is 12.4. The molecule has 17 heavy (non-hydrogen) atoms. The van der Waals surface area contributed by atoms with Gasteiger partial charge in [-0.3, -0.25) is 0 Å². The van der Waals surface area contributed by atoms with Crippen LogP contribution in [0, 0.1) is 13.8 Å². The molecule has 0 aliphatic rings. The van der Waals surface area contributed by atoms with Crippen molar-refractivity contribution in [3.05, 3.63) is 28.3 Å². The van der Waals surface area contributed by atoms with Crippen molar-refractivity contribution in [1.82, 2.24) is 10.2 Å². The van der Waals surface area contributed by atoms with Gasteiger partial charge in [0.05, 0.1) is 12.7 Å². The van der Waals surface area contributed by atoms with E-state index in [0.29, 0.717) is 6.54 Å². The quantitative estimate of drug-likeness (QED) is 0.906. The number of nitrogens with two attached hydrogens (primary N) is 1. The van der Waals surface area contributed by atoms with E-state index in [1.807, 2.05) is 19.9 Å². The Labute approximate surface area is 104 Å². The van der Waals surface area contributed by atoms with Crippen LogP contribution in [0.25, 0.3) is 10.6 Å². The van der Waals surface area contributed by atoms with Crippen molar-refractivity contribution in [2.75, 3.05) is 7.11 Å². The topological polar surface area (TPSA) is 61.0 Å². The molecule has 2 rings (SSSR count). The van der Waals surface area contributed by atoms with Gasteiger partial charge in [-0.1, -0.05) is 17.4 Å². The Balaban J connectivity index is 2.57. The minimum Gasteiger partial charge on any atom is -0.496 e. The Morgan fingerprint density at radius 1 is 1.29 bits per heavy atom. The second-order valence-electron chi connectivity index (χ2n) is 3.86. The van der Waals surface area contributed by atoms with Crippen molar-refractivity contribution in [2.24, 2.45) is 5.73 Å². The largest absolute Gasteiger partial charge is 0.496 e. The molecule has 0 saturated heterocycles. The number of ether oxygens (including phenoxy) is 1. The van der Waals surface area contributed by atoms with Gasteiger partial charge in [0, 0.05) is 6.54 Å². The number of aromatic nitrogens is 2. The molecule has 0 amide bonds. The number of aryl methyl sites for hydroxylation is 2. The van der Waals surface area contributed by atoms with E-state index in [1.54, 1.807) is 7.11 Å². The molecule has 0 saturated carbocycles. The molecule has 0 unspecified atom stereocenters. The summed E-state index contributed by atoms with van der Waals surface area (Å²) in [6.45, 7) is 4.52. The van der Waals surface area contributed by atoms with Crippen LogP contribution in [0.4, 0.5) is 0 Å². The first-order valence-electron chi connectivity index (χ1n) is 5.33. The van der Waals surface area contributed by atoms with Crippen LogP contribution in [0.2, 0.25) is 0 Å². The van der Waals surface area contributed by atoms with Crippen LogP contribution in [0.3, 0.4) is 0 Å². The molecule has 1 heterocycles. The fourth-order valence-corrected chi connectivity index (χ4v) is 2.63. The van der Waals surface area contributed by atoms with Gasteiger partial charge < -0.3 is 10.5 Å². The first-order chi connectivity index (χ1) is 8.15. The molecule has 2 aromatic rings. The molecule has 0 radical (unpaired) electrons. The minimum absolute atomic E-state index is 0.422. The molecule has 0 spiro atoms. The van der Waals surface area contributed by atoms with Gasteiger partial charge in [0.1, 0.15) is 10.8 Å². The highest BCUT2D eigenvalue weighted by Gasteiger charge is 2.14. The molecule has 1 aromatic carbocycles. The summed E-state index contributed by atoms with van der Waals surface area (Å²) in [5, 5.41) is 9.90. The van der Waals surface area contributed by atoms with Crippen molar-refractivity contribution < 1.29 is 4.74 Å². The molecule has 0 fully saturated rings. The van der Waals surface area contributed by atoms with Gasteiger partial charge in [-0.25, -0.2) is 0 Å². The second-order valence-corrected chi connectivity index (χ2v) is 4.93. The van der Waals surface area contributed by atoms with E-state index in [4.69, 9.17) is 10.5 Å². The highest BCUT2D eigenvalue weighted by molar-refractivity contribution is 7.14. The molecule has 0 aliphatic heterocycles. The molecule has 90 valence electrons. The minimum atomic E-state index is 0.422. The number of hydrogen-bond acceptors (Lipinski definition) is 5. The van der Waals surface area contributed by atoms with E-state index in [1.165, 1.54) is 16.9 Å². The third-order valence-corrected chi connectivity index (χ3v) is 3.48. The molecule has 5 heteroatoms. The number of nitrogens with zero attached hydrogens (tertiary/aromatic N) is 2. The van der Waals surface area contributed by atoms with E-state index in [-0.39, 0.29) is 0 Å². The zero-order valence-corrected chi connectivity index (χ0v) is 11.0. The maximum Gasteiger partial charge on any atom is 0.151 e. The van der Waals surface area contributed by atoms with E-state index in [9.17, 15) is 0 Å². The summed E-state index contributed by atoms with van der Waals surface area (Å²) in [6, 6.07) is 4.12. The molecular formula is C12H15N3OS. The van der Waals surface area contributed by atoms with Gasteiger partial charge in [-0.05, 0) is 31.0 Å². The van der Waals surface area contributed by atoms with Crippen molar-refractivity contribution >= 4 is 11.3 Å². The van der Waals surface area contributed by atoms with E-state index in [0.717, 1.165) is 26.9 Å². The fraction of sp³-hybridized carbons (Fsp3) is 0.333. The third kappa shape index (κ3) is 2.30. The summed E-state index contributed by atoms with van der Waals surface area (Å²) in [4.78, 5) is 0. The van der Waals surface area contributed by atoms with Crippen LogP contribution >= 0.6 is 11.3 Å². The van der Waals surface area contributed by atoms with Crippen LogP contribution in [0.5, 0.6) is 5.75 Å². The average Bonchev–Trinajstić information content (AvgIpc) is 2.76. The highest BCUT2D eigenvalue weighted by Crippen LogP contribution is 2.35. The van der Waals surface area contributed by atoms with E-state index in [2.05, 4.69) is 16.3 Å². The summed E-state index contributed by atoms with van der Waals surface area (Å²) in [5.74, 6) is 0.835. The van der Waals surface area contributed by atoms with Crippen molar-refractivity contribution in [3.63, 3.8) is 0 Å². The highest BCUT2D eigenvalue weighted by atomic mass is 32.1. The monoisotopic (exact) mass is 249 g/mol. The Kier molecular flexibility index (Phi) is 3.40. The average molecular weight is 249 g/mol. The zero-order valence-electron chi connectivity index (χ0n) is 10.2. The van der Waals surface area contributed by atoms with E-state index >= 15 is 0 Å². The van der Waals surface area contributed by atoms with Crippen LogP contribution in [-0.2, 0) is 6.54 Å². The number of benzene rings is 1. The second kappa shape index (κ2) is 4.81. The van der Waals surface area contributed by atoms with Gasteiger partial charge in [0.15, 0.2) is 5.01 Å². The summed E-state index contributed by atoms with van der Waals surface area (Å²) in [6.07, 6.45) is 0. The lowest BCUT2D eigenvalue weighted by atomic mass is 10.0. The fourth-order valence-electron chi connectivity index (χ4n) is 1.80. The Bertz CT molecular complexity index is 537. The summed E-state index contributed by atoms with van der Waals surface area (Å²) in [5.41, 5.74) is 8.87. The summed E-state index contributed by atoms with van der Waals surface area (Å²) >= 11 is 1.51. The lowest BCUT2D eigenvalue weighted by Gasteiger charge is -2.10. The lowest BCUT2D eigenvalue weighted by Crippen LogP contribution is -1.94. The maximum atomic E-state index is 5.55. The number of hydrogen-bond donors (Lipinski definition) is 1. The van der Waals surface area contributed by atoms with Crippen LogP contribution in [-0.4, -0.2) is 17.3 Å².